The zero-order valence-corrected chi connectivity index (χ0v) is 12.0. The number of benzene rings is 1. The molecule has 1 aliphatic carbocycles. The number of hydrogen-bond donors (Lipinski definition) is 1. The monoisotopic (exact) mass is 270 g/mol. The van der Waals surface area contributed by atoms with Crippen molar-refractivity contribution >= 4 is 5.69 Å². The molecule has 1 saturated heterocycles. The molecule has 1 aromatic carbocycles. The van der Waals surface area contributed by atoms with Gasteiger partial charge in [-0.15, -0.1) is 0 Å². The smallest absolute Gasteiger partial charge is 0.0992 e. The van der Waals surface area contributed by atoms with Crippen LogP contribution in [0.2, 0.25) is 0 Å². The SMILES string of the molecule is C[C@@H](O)c1ccc(C#N)cc1N1CCC2CCCCC21. The molecule has 2 fully saturated rings. The third-order valence-corrected chi connectivity index (χ3v) is 4.93. The van der Waals surface area contributed by atoms with Crippen molar-refractivity contribution in [1.29, 1.82) is 5.26 Å². The van der Waals surface area contributed by atoms with E-state index in [1.54, 1.807) is 13.0 Å². The van der Waals surface area contributed by atoms with E-state index in [0.717, 1.165) is 23.7 Å². The Morgan fingerprint density at radius 3 is 2.85 bits per heavy atom. The predicted octanol–water partition coefficient (Wildman–Crippen LogP) is 3.38. The Morgan fingerprint density at radius 1 is 1.30 bits per heavy atom. The maximum absolute atomic E-state index is 10.0. The van der Waals surface area contributed by atoms with Crippen LogP contribution < -0.4 is 4.90 Å². The van der Waals surface area contributed by atoms with Gasteiger partial charge in [0.15, 0.2) is 0 Å². The van der Waals surface area contributed by atoms with Gasteiger partial charge in [0.1, 0.15) is 0 Å². The number of anilines is 1. The molecule has 0 spiro atoms. The molecule has 1 heterocycles. The van der Waals surface area contributed by atoms with Gasteiger partial charge in [-0.05, 0) is 44.2 Å². The predicted molar refractivity (Wildman–Crippen MR) is 79.5 cm³/mol. The number of hydrogen-bond acceptors (Lipinski definition) is 3. The summed E-state index contributed by atoms with van der Waals surface area (Å²) in [6, 6.07) is 8.50. The third-order valence-electron chi connectivity index (χ3n) is 4.93. The average molecular weight is 270 g/mol. The first kappa shape index (κ1) is 13.5. The Morgan fingerprint density at radius 2 is 2.10 bits per heavy atom. The van der Waals surface area contributed by atoms with Crippen LogP contribution in [0.3, 0.4) is 0 Å². The minimum absolute atomic E-state index is 0.486. The zero-order valence-electron chi connectivity index (χ0n) is 12.0. The first-order valence-electron chi connectivity index (χ1n) is 7.69. The normalized spacial score (nSPS) is 26.9. The highest BCUT2D eigenvalue weighted by atomic mass is 16.3. The lowest BCUT2D eigenvalue weighted by Crippen LogP contribution is -2.35. The van der Waals surface area contributed by atoms with Crippen LogP contribution in [0.4, 0.5) is 5.69 Å². The molecule has 0 amide bonds. The minimum Gasteiger partial charge on any atom is -0.389 e. The molecule has 1 aromatic rings. The molecule has 2 aliphatic rings. The van der Waals surface area contributed by atoms with Crippen molar-refractivity contribution in [3.8, 4) is 6.07 Å². The summed E-state index contributed by atoms with van der Waals surface area (Å²) in [7, 11) is 0. The first-order valence-corrected chi connectivity index (χ1v) is 7.69. The van der Waals surface area contributed by atoms with Crippen molar-refractivity contribution in [1.82, 2.24) is 0 Å². The van der Waals surface area contributed by atoms with Gasteiger partial charge in [0.2, 0.25) is 0 Å². The van der Waals surface area contributed by atoms with Crippen molar-refractivity contribution in [2.24, 2.45) is 5.92 Å². The molecule has 2 unspecified atom stereocenters. The number of fused-ring (bicyclic) bond motifs is 1. The van der Waals surface area contributed by atoms with Crippen molar-refractivity contribution in [3.63, 3.8) is 0 Å². The van der Waals surface area contributed by atoms with Gasteiger partial charge in [0, 0.05) is 23.8 Å². The molecule has 0 radical (unpaired) electrons. The van der Waals surface area contributed by atoms with Crippen LogP contribution >= 0.6 is 0 Å². The quantitative estimate of drug-likeness (QED) is 0.896. The molecule has 3 nitrogen and oxygen atoms in total. The number of nitrogens with zero attached hydrogens (tertiary/aromatic N) is 2. The number of aliphatic hydroxyl groups excluding tert-OH is 1. The number of rotatable bonds is 2. The Hall–Kier alpha value is -1.53. The fourth-order valence-electron chi connectivity index (χ4n) is 3.92. The second kappa shape index (κ2) is 5.46. The molecular weight excluding hydrogens is 248 g/mol. The standard InChI is InChI=1S/C17H22N2O/c1-12(20)15-7-6-13(11-18)10-17(15)19-9-8-14-4-2-3-5-16(14)19/h6-7,10,12,14,16,20H,2-5,8-9H2,1H3/t12-,14?,16?/m1/s1. The largest absolute Gasteiger partial charge is 0.389 e. The lowest BCUT2D eigenvalue weighted by molar-refractivity contribution is 0.199. The van der Waals surface area contributed by atoms with E-state index in [0.29, 0.717) is 11.6 Å². The summed E-state index contributed by atoms with van der Waals surface area (Å²) in [5.74, 6) is 0.802. The highest BCUT2D eigenvalue weighted by Gasteiger charge is 2.36. The summed E-state index contributed by atoms with van der Waals surface area (Å²) < 4.78 is 0. The molecule has 3 rings (SSSR count). The molecule has 0 bridgehead atoms. The maximum atomic E-state index is 10.0. The van der Waals surface area contributed by atoms with Crippen LogP contribution in [-0.4, -0.2) is 17.7 Å². The van der Waals surface area contributed by atoms with Crippen LogP contribution in [0.25, 0.3) is 0 Å². The molecule has 106 valence electrons. The highest BCUT2D eigenvalue weighted by molar-refractivity contribution is 5.60. The number of aliphatic hydroxyl groups is 1. The van der Waals surface area contributed by atoms with E-state index < -0.39 is 6.10 Å². The van der Waals surface area contributed by atoms with Gasteiger partial charge in [0.05, 0.1) is 17.7 Å². The summed E-state index contributed by atoms with van der Waals surface area (Å²) in [5, 5.41) is 19.2. The highest BCUT2D eigenvalue weighted by Crippen LogP contribution is 2.41. The number of nitriles is 1. The van der Waals surface area contributed by atoms with E-state index in [2.05, 4.69) is 11.0 Å². The van der Waals surface area contributed by atoms with Crippen LogP contribution in [0.15, 0.2) is 18.2 Å². The fourth-order valence-corrected chi connectivity index (χ4v) is 3.92. The van der Waals surface area contributed by atoms with E-state index in [1.807, 2.05) is 12.1 Å². The van der Waals surface area contributed by atoms with Gasteiger partial charge in [-0.3, -0.25) is 0 Å². The van der Waals surface area contributed by atoms with Crippen LogP contribution in [0, 0.1) is 17.2 Å². The molecule has 3 heteroatoms. The van der Waals surface area contributed by atoms with Crippen LogP contribution in [0.1, 0.15) is 56.3 Å². The molecule has 1 saturated carbocycles. The Labute approximate surface area is 120 Å². The molecule has 1 aliphatic heterocycles. The van der Waals surface area contributed by atoms with Gasteiger partial charge in [-0.1, -0.05) is 18.9 Å². The summed E-state index contributed by atoms with van der Waals surface area (Å²) >= 11 is 0. The summed E-state index contributed by atoms with van der Waals surface area (Å²) in [4.78, 5) is 2.45. The van der Waals surface area contributed by atoms with Crippen molar-refractivity contribution in [3.05, 3.63) is 29.3 Å². The Balaban J connectivity index is 1.98. The lowest BCUT2D eigenvalue weighted by Gasteiger charge is -2.34. The summed E-state index contributed by atoms with van der Waals surface area (Å²) in [6.07, 6.45) is 6.01. The molecule has 3 atom stereocenters. The third kappa shape index (κ3) is 2.29. The Bertz CT molecular complexity index is 532. The van der Waals surface area contributed by atoms with Gasteiger partial charge in [-0.2, -0.15) is 5.26 Å². The van der Waals surface area contributed by atoms with E-state index in [4.69, 9.17) is 5.26 Å². The molecule has 1 N–H and O–H groups in total. The van der Waals surface area contributed by atoms with Crippen molar-refractivity contribution in [2.45, 2.75) is 51.2 Å². The average Bonchev–Trinajstić information content (AvgIpc) is 2.90. The van der Waals surface area contributed by atoms with Gasteiger partial charge in [0.25, 0.3) is 0 Å². The van der Waals surface area contributed by atoms with E-state index in [1.165, 1.54) is 32.1 Å². The Kier molecular flexibility index (Phi) is 3.67. The molecule has 0 aromatic heterocycles. The van der Waals surface area contributed by atoms with Crippen molar-refractivity contribution < 1.29 is 5.11 Å². The van der Waals surface area contributed by atoms with Crippen LogP contribution in [-0.2, 0) is 0 Å². The van der Waals surface area contributed by atoms with E-state index >= 15 is 0 Å². The molecule has 20 heavy (non-hydrogen) atoms. The second-order valence-corrected chi connectivity index (χ2v) is 6.16. The van der Waals surface area contributed by atoms with Gasteiger partial charge < -0.3 is 10.0 Å². The van der Waals surface area contributed by atoms with Gasteiger partial charge in [-0.25, -0.2) is 0 Å². The minimum atomic E-state index is -0.486. The maximum Gasteiger partial charge on any atom is 0.0992 e. The van der Waals surface area contributed by atoms with Crippen molar-refractivity contribution in [2.75, 3.05) is 11.4 Å². The molecular formula is C17H22N2O. The summed E-state index contributed by atoms with van der Waals surface area (Å²) in [6.45, 7) is 2.86. The first-order chi connectivity index (χ1) is 9.70. The topological polar surface area (TPSA) is 47.3 Å². The second-order valence-electron chi connectivity index (χ2n) is 6.16. The van der Waals surface area contributed by atoms with Crippen LogP contribution in [0.5, 0.6) is 0 Å². The zero-order chi connectivity index (χ0) is 14.1. The van der Waals surface area contributed by atoms with E-state index in [9.17, 15) is 5.11 Å². The summed E-state index contributed by atoms with van der Waals surface area (Å²) in [5.41, 5.74) is 2.72. The van der Waals surface area contributed by atoms with Gasteiger partial charge >= 0.3 is 0 Å². The lowest BCUT2D eigenvalue weighted by atomic mass is 9.85. The fraction of sp³-hybridized carbons (Fsp3) is 0.588. The van der Waals surface area contributed by atoms with E-state index in [-0.39, 0.29) is 0 Å².